The van der Waals surface area contributed by atoms with Crippen LogP contribution < -0.4 is 5.32 Å². The van der Waals surface area contributed by atoms with Crippen molar-refractivity contribution >= 4 is 11.6 Å². The van der Waals surface area contributed by atoms with Crippen LogP contribution in [0, 0.1) is 0 Å². The maximum absolute atomic E-state index is 6.13. The molecule has 4 heteroatoms. The van der Waals surface area contributed by atoms with E-state index in [-0.39, 0.29) is 0 Å². The lowest BCUT2D eigenvalue weighted by molar-refractivity contribution is 0.666. The predicted octanol–water partition coefficient (Wildman–Crippen LogP) is 3.03. The number of halogens is 1. The number of nitrogens with one attached hydrogen (secondary N) is 1. The summed E-state index contributed by atoms with van der Waals surface area (Å²) in [5, 5.41) is 4.06. The van der Waals surface area contributed by atoms with Crippen molar-refractivity contribution in [3.05, 3.63) is 47.5 Å². The fourth-order valence-electron chi connectivity index (χ4n) is 1.64. The van der Waals surface area contributed by atoms with Crippen LogP contribution in [0.3, 0.4) is 0 Å². The molecule has 0 spiro atoms. The maximum atomic E-state index is 6.13. The highest BCUT2D eigenvalue weighted by Crippen LogP contribution is 2.19. The highest BCUT2D eigenvalue weighted by Gasteiger charge is 2.03. The Morgan fingerprint density at radius 3 is 2.94 bits per heavy atom. The number of imidazole rings is 1. The van der Waals surface area contributed by atoms with Crippen molar-refractivity contribution in [2.75, 3.05) is 6.54 Å². The van der Waals surface area contributed by atoms with E-state index in [1.165, 1.54) is 0 Å². The van der Waals surface area contributed by atoms with Crippen LogP contribution in [0.1, 0.15) is 19.0 Å². The molecular weight excluding hydrogens is 234 g/mol. The van der Waals surface area contributed by atoms with Gasteiger partial charge in [-0.25, -0.2) is 4.98 Å². The van der Waals surface area contributed by atoms with Crippen LogP contribution in [0.5, 0.6) is 0 Å². The lowest BCUT2D eigenvalue weighted by Crippen LogP contribution is -2.13. The fraction of sp³-hybridized carbons (Fsp3) is 0.308. The molecule has 0 amide bonds. The van der Waals surface area contributed by atoms with Crippen LogP contribution in [-0.2, 0) is 6.54 Å². The summed E-state index contributed by atoms with van der Waals surface area (Å²) in [6.45, 7) is 3.96. The number of aromatic nitrogens is 2. The Morgan fingerprint density at radius 2 is 2.18 bits per heavy atom. The zero-order chi connectivity index (χ0) is 12.1. The zero-order valence-electron chi connectivity index (χ0n) is 9.86. The molecule has 1 N–H and O–H groups in total. The van der Waals surface area contributed by atoms with Crippen molar-refractivity contribution < 1.29 is 0 Å². The first-order valence-corrected chi connectivity index (χ1v) is 6.17. The minimum Gasteiger partial charge on any atom is -0.311 e. The standard InChI is InChI=1S/C13H16ClN3/c1-2-7-15-8-11-9-17(10-16-11)13-6-4-3-5-12(13)14/h3-6,9-10,15H,2,7-8H2,1H3. The molecule has 1 aromatic carbocycles. The number of nitrogens with zero attached hydrogens (tertiary/aromatic N) is 2. The van der Waals surface area contributed by atoms with Gasteiger partial charge in [-0.05, 0) is 25.1 Å². The van der Waals surface area contributed by atoms with E-state index in [2.05, 4.69) is 17.2 Å². The number of rotatable bonds is 5. The van der Waals surface area contributed by atoms with Crippen molar-refractivity contribution in [1.82, 2.24) is 14.9 Å². The van der Waals surface area contributed by atoms with Gasteiger partial charge in [0, 0.05) is 12.7 Å². The molecule has 90 valence electrons. The molecule has 2 aromatic rings. The Morgan fingerprint density at radius 1 is 1.35 bits per heavy atom. The van der Waals surface area contributed by atoms with E-state index in [9.17, 15) is 0 Å². The zero-order valence-corrected chi connectivity index (χ0v) is 10.6. The van der Waals surface area contributed by atoms with E-state index in [4.69, 9.17) is 11.6 Å². The molecule has 0 saturated carbocycles. The van der Waals surface area contributed by atoms with Crippen molar-refractivity contribution in [1.29, 1.82) is 0 Å². The topological polar surface area (TPSA) is 29.9 Å². The molecule has 0 aliphatic heterocycles. The van der Waals surface area contributed by atoms with Gasteiger partial charge in [-0.15, -0.1) is 0 Å². The molecule has 17 heavy (non-hydrogen) atoms. The van der Waals surface area contributed by atoms with Gasteiger partial charge in [0.1, 0.15) is 0 Å². The highest BCUT2D eigenvalue weighted by atomic mass is 35.5. The molecule has 0 aliphatic carbocycles. The Labute approximate surface area is 106 Å². The van der Waals surface area contributed by atoms with Gasteiger partial charge in [-0.2, -0.15) is 0 Å². The van der Waals surface area contributed by atoms with Crippen LogP contribution in [0.2, 0.25) is 5.02 Å². The summed E-state index contributed by atoms with van der Waals surface area (Å²) < 4.78 is 1.95. The number of hydrogen-bond donors (Lipinski definition) is 1. The molecule has 0 fully saturated rings. The quantitative estimate of drug-likeness (QED) is 0.826. The molecule has 0 radical (unpaired) electrons. The third kappa shape index (κ3) is 3.08. The Hall–Kier alpha value is -1.32. The van der Waals surface area contributed by atoms with Crippen molar-refractivity contribution in [2.24, 2.45) is 0 Å². The third-order valence-electron chi connectivity index (χ3n) is 2.50. The predicted molar refractivity (Wildman–Crippen MR) is 70.6 cm³/mol. The van der Waals surface area contributed by atoms with Gasteiger partial charge >= 0.3 is 0 Å². The van der Waals surface area contributed by atoms with Crippen LogP contribution in [0.15, 0.2) is 36.8 Å². The van der Waals surface area contributed by atoms with Crippen LogP contribution in [-0.4, -0.2) is 16.1 Å². The largest absolute Gasteiger partial charge is 0.311 e. The second-order valence-corrected chi connectivity index (χ2v) is 4.31. The lowest BCUT2D eigenvalue weighted by Gasteiger charge is -2.03. The Balaban J connectivity index is 2.10. The van der Waals surface area contributed by atoms with Gasteiger partial charge in [0.2, 0.25) is 0 Å². The van der Waals surface area contributed by atoms with Crippen molar-refractivity contribution in [3.8, 4) is 5.69 Å². The molecule has 0 bridgehead atoms. The third-order valence-corrected chi connectivity index (χ3v) is 2.82. The van der Waals surface area contributed by atoms with Crippen LogP contribution in [0.4, 0.5) is 0 Å². The van der Waals surface area contributed by atoms with Gasteiger partial charge in [-0.1, -0.05) is 30.7 Å². The summed E-state index contributed by atoms with van der Waals surface area (Å²) >= 11 is 6.13. The molecule has 0 atom stereocenters. The summed E-state index contributed by atoms with van der Waals surface area (Å²) in [7, 11) is 0. The van der Waals surface area contributed by atoms with Crippen molar-refractivity contribution in [2.45, 2.75) is 19.9 Å². The van der Waals surface area contributed by atoms with E-state index >= 15 is 0 Å². The van der Waals surface area contributed by atoms with Gasteiger partial charge < -0.3 is 9.88 Å². The first kappa shape index (κ1) is 12.1. The molecule has 0 aliphatic rings. The molecule has 2 rings (SSSR count). The second-order valence-electron chi connectivity index (χ2n) is 3.90. The molecule has 1 aromatic heterocycles. The van der Waals surface area contributed by atoms with Gasteiger partial charge in [-0.3, -0.25) is 0 Å². The van der Waals surface area contributed by atoms with Gasteiger partial charge in [0.05, 0.1) is 22.7 Å². The lowest BCUT2D eigenvalue weighted by atomic mass is 10.3. The van der Waals surface area contributed by atoms with E-state index in [0.29, 0.717) is 0 Å². The average Bonchev–Trinajstić information content (AvgIpc) is 2.79. The summed E-state index contributed by atoms with van der Waals surface area (Å²) in [6, 6.07) is 7.75. The van der Waals surface area contributed by atoms with Crippen molar-refractivity contribution in [3.63, 3.8) is 0 Å². The molecular formula is C13H16ClN3. The number of hydrogen-bond acceptors (Lipinski definition) is 2. The molecule has 3 nitrogen and oxygen atoms in total. The van der Waals surface area contributed by atoms with Crippen LogP contribution >= 0.6 is 11.6 Å². The van der Waals surface area contributed by atoms with Gasteiger partial charge in [0.15, 0.2) is 0 Å². The highest BCUT2D eigenvalue weighted by molar-refractivity contribution is 6.32. The molecule has 0 saturated heterocycles. The summed E-state index contributed by atoms with van der Waals surface area (Å²) in [4.78, 5) is 4.35. The number of benzene rings is 1. The van der Waals surface area contributed by atoms with Crippen LogP contribution in [0.25, 0.3) is 5.69 Å². The normalized spacial score (nSPS) is 10.7. The Bertz CT molecular complexity index is 479. The number of para-hydroxylation sites is 1. The fourth-order valence-corrected chi connectivity index (χ4v) is 1.87. The SMILES string of the molecule is CCCNCc1cn(-c2ccccc2Cl)cn1. The monoisotopic (exact) mass is 249 g/mol. The summed E-state index contributed by atoms with van der Waals surface area (Å²) in [5.41, 5.74) is 1.99. The summed E-state index contributed by atoms with van der Waals surface area (Å²) in [6.07, 6.45) is 4.93. The average molecular weight is 250 g/mol. The Kier molecular flexibility index (Phi) is 4.18. The van der Waals surface area contributed by atoms with E-state index in [1.807, 2.05) is 35.0 Å². The summed E-state index contributed by atoms with van der Waals surface area (Å²) in [5.74, 6) is 0. The van der Waals surface area contributed by atoms with E-state index < -0.39 is 0 Å². The first-order chi connectivity index (χ1) is 8.31. The first-order valence-electron chi connectivity index (χ1n) is 5.79. The molecule has 1 heterocycles. The smallest absolute Gasteiger partial charge is 0.0996 e. The maximum Gasteiger partial charge on any atom is 0.0996 e. The van der Waals surface area contributed by atoms with E-state index in [1.54, 1.807) is 6.33 Å². The second kappa shape index (κ2) is 5.84. The molecule has 0 unspecified atom stereocenters. The minimum absolute atomic E-state index is 0.734. The van der Waals surface area contributed by atoms with E-state index in [0.717, 1.165) is 35.9 Å². The minimum atomic E-state index is 0.734. The van der Waals surface area contributed by atoms with Gasteiger partial charge in [0.25, 0.3) is 0 Å².